The number of hydrogen-bond acceptors (Lipinski definition) is 8. The van der Waals surface area contributed by atoms with E-state index in [0.29, 0.717) is 32.4 Å². The third-order valence-corrected chi connectivity index (χ3v) is 4.37. The lowest BCUT2D eigenvalue weighted by Gasteiger charge is -2.23. The van der Waals surface area contributed by atoms with Crippen LogP contribution in [0.4, 0.5) is 4.79 Å². The van der Waals surface area contributed by atoms with Crippen LogP contribution >= 0.6 is 0 Å². The number of esters is 2. The standard InChI is InChI=1S/C19H25N3O7/c1-14(23)27-12-17(24)22-10-5-7-16(22)18(25)28-13-29-19(26)21(2)11-8-15-6-3-4-9-20-15/h3-4,6,9,16H,5,7-8,10-13H2,1-2H3/t16-/m0/s1. The number of pyridine rings is 1. The molecule has 1 fully saturated rings. The van der Waals surface area contributed by atoms with Gasteiger partial charge >= 0.3 is 18.0 Å². The number of nitrogens with zero attached hydrogens (tertiary/aromatic N) is 3. The summed E-state index contributed by atoms with van der Waals surface area (Å²) in [6.07, 6.45) is 2.66. The molecular formula is C19H25N3O7. The summed E-state index contributed by atoms with van der Waals surface area (Å²) in [6.45, 7) is 0.995. The second-order valence-corrected chi connectivity index (χ2v) is 6.51. The van der Waals surface area contributed by atoms with Gasteiger partial charge in [-0.15, -0.1) is 0 Å². The van der Waals surface area contributed by atoms with Crippen molar-refractivity contribution in [3.63, 3.8) is 0 Å². The second-order valence-electron chi connectivity index (χ2n) is 6.51. The number of amides is 2. The van der Waals surface area contributed by atoms with Gasteiger partial charge in [0.1, 0.15) is 6.04 Å². The van der Waals surface area contributed by atoms with Crippen LogP contribution in [0.15, 0.2) is 24.4 Å². The van der Waals surface area contributed by atoms with Gasteiger partial charge in [-0.3, -0.25) is 14.6 Å². The lowest BCUT2D eigenvalue weighted by molar-refractivity contribution is -0.162. The number of ether oxygens (including phenoxy) is 3. The van der Waals surface area contributed by atoms with Crippen molar-refractivity contribution in [2.24, 2.45) is 0 Å². The molecule has 0 aliphatic carbocycles. The largest absolute Gasteiger partial charge is 0.456 e. The zero-order chi connectivity index (χ0) is 21.2. The number of rotatable bonds is 8. The Kier molecular flexibility index (Phi) is 8.38. The zero-order valence-corrected chi connectivity index (χ0v) is 16.5. The number of carbonyl (C=O) groups is 4. The molecule has 1 saturated heterocycles. The van der Waals surface area contributed by atoms with Crippen molar-refractivity contribution in [2.45, 2.75) is 32.2 Å². The van der Waals surface area contributed by atoms with Crippen molar-refractivity contribution < 1.29 is 33.4 Å². The minimum Gasteiger partial charge on any atom is -0.456 e. The molecule has 29 heavy (non-hydrogen) atoms. The van der Waals surface area contributed by atoms with E-state index >= 15 is 0 Å². The average Bonchev–Trinajstić information content (AvgIpc) is 3.20. The van der Waals surface area contributed by atoms with Crippen LogP contribution in [-0.2, 0) is 35.0 Å². The monoisotopic (exact) mass is 407 g/mol. The number of carbonyl (C=O) groups excluding carboxylic acids is 4. The van der Waals surface area contributed by atoms with E-state index in [9.17, 15) is 19.2 Å². The molecule has 2 rings (SSSR count). The molecule has 0 N–H and O–H groups in total. The Hall–Kier alpha value is -3.17. The van der Waals surface area contributed by atoms with E-state index in [1.54, 1.807) is 13.2 Å². The quantitative estimate of drug-likeness (QED) is 0.458. The van der Waals surface area contributed by atoms with Crippen molar-refractivity contribution in [1.29, 1.82) is 0 Å². The van der Waals surface area contributed by atoms with Crippen LogP contribution in [0.1, 0.15) is 25.5 Å². The number of hydrogen-bond donors (Lipinski definition) is 0. The molecule has 1 aromatic heterocycles. The van der Waals surface area contributed by atoms with E-state index in [1.807, 2.05) is 18.2 Å². The molecule has 0 radical (unpaired) electrons. The molecule has 1 aliphatic heterocycles. The molecule has 2 heterocycles. The normalized spacial score (nSPS) is 15.5. The van der Waals surface area contributed by atoms with Crippen LogP contribution in [0, 0.1) is 0 Å². The Morgan fingerprint density at radius 1 is 1.21 bits per heavy atom. The number of likely N-dealkylation sites (tertiary alicyclic amines) is 1. The highest BCUT2D eigenvalue weighted by molar-refractivity contribution is 5.86. The van der Waals surface area contributed by atoms with E-state index < -0.39 is 43.4 Å². The van der Waals surface area contributed by atoms with E-state index in [4.69, 9.17) is 9.47 Å². The van der Waals surface area contributed by atoms with Gasteiger partial charge in [0.15, 0.2) is 6.61 Å². The summed E-state index contributed by atoms with van der Waals surface area (Å²) in [7, 11) is 1.57. The van der Waals surface area contributed by atoms with E-state index in [-0.39, 0.29) is 0 Å². The summed E-state index contributed by atoms with van der Waals surface area (Å²) in [5.41, 5.74) is 0.846. The van der Waals surface area contributed by atoms with Gasteiger partial charge in [-0.2, -0.15) is 0 Å². The number of aromatic nitrogens is 1. The predicted molar refractivity (Wildman–Crippen MR) is 99.4 cm³/mol. The first-order valence-electron chi connectivity index (χ1n) is 9.25. The van der Waals surface area contributed by atoms with Gasteiger partial charge in [-0.25, -0.2) is 9.59 Å². The van der Waals surface area contributed by atoms with Gasteiger partial charge in [0, 0.05) is 45.4 Å². The SMILES string of the molecule is CC(=O)OCC(=O)N1CCC[C@H]1C(=O)OCOC(=O)N(C)CCc1ccccn1. The molecule has 0 aromatic carbocycles. The Bertz CT molecular complexity index is 726. The van der Waals surface area contributed by atoms with Gasteiger partial charge in [0.2, 0.25) is 6.79 Å². The average molecular weight is 407 g/mol. The minimum absolute atomic E-state index is 0.371. The van der Waals surface area contributed by atoms with Crippen LogP contribution in [-0.4, -0.2) is 78.3 Å². The molecule has 1 aliphatic rings. The summed E-state index contributed by atoms with van der Waals surface area (Å²) in [4.78, 5) is 53.9. The van der Waals surface area contributed by atoms with E-state index in [0.717, 1.165) is 5.69 Å². The number of likely N-dealkylation sites (N-methyl/N-ethyl adjacent to an activating group) is 1. The van der Waals surface area contributed by atoms with Gasteiger partial charge in [0.05, 0.1) is 0 Å². The first-order valence-corrected chi connectivity index (χ1v) is 9.25. The van der Waals surface area contributed by atoms with Gasteiger partial charge in [0.25, 0.3) is 5.91 Å². The predicted octanol–water partition coefficient (Wildman–Crippen LogP) is 0.747. The van der Waals surface area contributed by atoms with E-state index in [2.05, 4.69) is 9.72 Å². The van der Waals surface area contributed by atoms with Crippen LogP contribution < -0.4 is 0 Å². The second kappa shape index (κ2) is 11.0. The maximum absolute atomic E-state index is 12.2. The summed E-state index contributed by atoms with van der Waals surface area (Å²) < 4.78 is 14.6. The third kappa shape index (κ3) is 7.05. The lowest BCUT2D eigenvalue weighted by Crippen LogP contribution is -2.43. The van der Waals surface area contributed by atoms with Crippen molar-refractivity contribution in [2.75, 3.05) is 33.5 Å². The fourth-order valence-electron chi connectivity index (χ4n) is 2.82. The van der Waals surface area contributed by atoms with E-state index in [1.165, 1.54) is 16.7 Å². The lowest BCUT2D eigenvalue weighted by atomic mass is 10.2. The van der Waals surface area contributed by atoms with Crippen LogP contribution in [0.2, 0.25) is 0 Å². The van der Waals surface area contributed by atoms with Crippen LogP contribution in [0.3, 0.4) is 0 Å². The fraction of sp³-hybridized carbons (Fsp3) is 0.526. The highest BCUT2D eigenvalue weighted by atomic mass is 16.7. The Morgan fingerprint density at radius 3 is 2.69 bits per heavy atom. The zero-order valence-electron chi connectivity index (χ0n) is 16.5. The van der Waals surface area contributed by atoms with Crippen molar-refractivity contribution >= 4 is 23.9 Å². The first kappa shape index (κ1) is 22.1. The highest BCUT2D eigenvalue weighted by Crippen LogP contribution is 2.18. The molecule has 0 unspecified atom stereocenters. The fourth-order valence-corrected chi connectivity index (χ4v) is 2.82. The van der Waals surface area contributed by atoms with Gasteiger partial charge < -0.3 is 24.0 Å². The maximum atomic E-state index is 12.2. The van der Waals surface area contributed by atoms with Crippen LogP contribution in [0.5, 0.6) is 0 Å². The highest BCUT2D eigenvalue weighted by Gasteiger charge is 2.35. The molecule has 158 valence electrons. The molecule has 1 atom stereocenters. The van der Waals surface area contributed by atoms with Crippen molar-refractivity contribution in [1.82, 2.24) is 14.8 Å². The first-order chi connectivity index (χ1) is 13.9. The Labute approximate surface area is 168 Å². The molecule has 1 aromatic rings. The van der Waals surface area contributed by atoms with Crippen molar-refractivity contribution in [3.8, 4) is 0 Å². The Morgan fingerprint density at radius 2 is 2.00 bits per heavy atom. The molecule has 10 heteroatoms. The summed E-state index contributed by atoms with van der Waals surface area (Å²) in [5, 5.41) is 0. The summed E-state index contributed by atoms with van der Waals surface area (Å²) in [6, 6.07) is 4.75. The molecule has 2 amide bonds. The van der Waals surface area contributed by atoms with Gasteiger partial charge in [-0.05, 0) is 25.0 Å². The van der Waals surface area contributed by atoms with Crippen molar-refractivity contribution in [3.05, 3.63) is 30.1 Å². The molecular weight excluding hydrogens is 382 g/mol. The topological polar surface area (TPSA) is 115 Å². The third-order valence-electron chi connectivity index (χ3n) is 4.37. The molecule has 0 saturated carbocycles. The maximum Gasteiger partial charge on any atom is 0.412 e. The summed E-state index contributed by atoms with van der Waals surface area (Å²) >= 11 is 0. The molecule has 10 nitrogen and oxygen atoms in total. The summed E-state index contributed by atoms with van der Waals surface area (Å²) in [5.74, 6) is -1.70. The molecule has 0 spiro atoms. The van der Waals surface area contributed by atoms with Crippen LogP contribution in [0.25, 0.3) is 0 Å². The van der Waals surface area contributed by atoms with Gasteiger partial charge in [-0.1, -0.05) is 6.07 Å². The molecule has 0 bridgehead atoms. The minimum atomic E-state index is -0.779. The Balaban J connectivity index is 1.71. The smallest absolute Gasteiger partial charge is 0.412 e.